The number of hydrogen-bond donors (Lipinski definition) is 1. The van der Waals surface area contributed by atoms with E-state index in [0.717, 1.165) is 44.2 Å². The van der Waals surface area contributed by atoms with Gasteiger partial charge in [0.05, 0.1) is 5.60 Å². The van der Waals surface area contributed by atoms with Gasteiger partial charge < -0.3 is 10.1 Å². The standard InChI is InChI=1S/C17H26FNO/c1-3-10-19-16(13-17(20-2)8-5-9-17)12-14-6-4-7-15(18)11-14/h4,6-7,11,16,19H,3,5,8-10,12-13H2,1-2H3. The van der Waals surface area contributed by atoms with E-state index in [0.29, 0.717) is 6.04 Å². The highest BCUT2D eigenvalue weighted by molar-refractivity contribution is 5.17. The first-order valence-electron chi connectivity index (χ1n) is 7.70. The Balaban J connectivity index is 1.99. The summed E-state index contributed by atoms with van der Waals surface area (Å²) in [5, 5.41) is 3.59. The maximum atomic E-state index is 13.3. The van der Waals surface area contributed by atoms with Crippen LogP contribution in [0, 0.1) is 5.82 Å². The molecule has 1 fully saturated rings. The van der Waals surface area contributed by atoms with Crippen LogP contribution in [-0.2, 0) is 11.2 Å². The fraction of sp³-hybridized carbons (Fsp3) is 0.647. The lowest BCUT2D eigenvalue weighted by atomic mass is 9.75. The Morgan fingerprint density at radius 1 is 1.40 bits per heavy atom. The lowest BCUT2D eigenvalue weighted by molar-refractivity contribution is -0.0834. The summed E-state index contributed by atoms with van der Waals surface area (Å²) < 4.78 is 19.0. The minimum Gasteiger partial charge on any atom is -0.378 e. The van der Waals surface area contributed by atoms with E-state index < -0.39 is 0 Å². The summed E-state index contributed by atoms with van der Waals surface area (Å²) in [4.78, 5) is 0. The highest BCUT2D eigenvalue weighted by Gasteiger charge is 2.38. The second-order valence-corrected chi connectivity index (χ2v) is 5.93. The maximum Gasteiger partial charge on any atom is 0.123 e. The molecule has 1 N–H and O–H groups in total. The summed E-state index contributed by atoms with van der Waals surface area (Å²) in [7, 11) is 1.82. The lowest BCUT2D eigenvalue weighted by Gasteiger charge is -2.43. The van der Waals surface area contributed by atoms with Crippen molar-refractivity contribution in [2.75, 3.05) is 13.7 Å². The molecule has 1 aromatic carbocycles. The van der Waals surface area contributed by atoms with Crippen LogP contribution in [0.4, 0.5) is 4.39 Å². The first-order chi connectivity index (χ1) is 9.67. The SMILES string of the molecule is CCCNC(Cc1cccc(F)c1)CC1(OC)CCC1. The van der Waals surface area contributed by atoms with E-state index in [1.807, 2.05) is 13.2 Å². The van der Waals surface area contributed by atoms with E-state index in [2.05, 4.69) is 12.2 Å². The van der Waals surface area contributed by atoms with Crippen LogP contribution < -0.4 is 5.32 Å². The molecule has 1 aromatic rings. The number of methoxy groups -OCH3 is 1. The molecule has 3 heteroatoms. The third kappa shape index (κ3) is 4.03. The molecule has 0 heterocycles. The Morgan fingerprint density at radius 2 is 2.20 bits per heavy atom. The van der Waals surface area contributed by atoms with Gasteiger partial charge in [0.2, 0.25) is 0 Å². The van der Waals surface area contributed by atoms with Crippen LogP contribution in [0.2, 0.25) is 0 Å². The van der Waals surface area contributed by atoms with Gasteiger partial charge in [-0.3, -0.25) is 0 Å². The summed E-state index contributed by atoms with van der Waals surface area (Å²) in [5.74, 6) is -0.151. The Kier molecular flexibility index (Phi) is 5.55. The molecular weight excluding hydrogens is 253 g/mol. The highest BCUT2D eigenvalue weighted by atomic mass is 19.1. The summed E-state index contributed by atoms with van der Waals surface area (Å²) in [5.41, 5.74) is 1.11. The summed E-state index contributed by atoms with van der Waals surface area (Å²) >= 11 is 0. The van der Waals surface area contributed by atoms with Gasteiger partial charge in [0.25, 0.3) is 0 Å². The number of rotatable bonds is 8. The number of hydrogen-bond acceptors (Lipinski definition) is 2. The van der Waals surface area contributed by atoms with E-state index in [1.54, 1.807) is 12.1 Å². The summed E-state index contributed by atoms with van der Waals surface area (Å²) in [6.45, 7) is 3.17. The normalized spacial score (nSPS) is 18.6. The molecule has 2 nitrogen and oxygen atoms in total. The molecule has 1 unspecified atom stereocenters. The summed E-state index contributed by atoms with van der Waals surface area (Å²) in [6.07, 6.45) is 6.55. The van der Waals surface area contributed by atoms with Crippen LogP contribution in [0.5, 0.6) is 0 Å². The first-order valence-corrected chi connectivity index (χ1v) is 7.70. The monoisotopic (exact) mass is 279 g/mol. The molecule has 1 aliphatic rings. The van der Waals surface area contributed by atoms with Crippen LogP contribution in [0.1, 0.15) is 44.6 Å². The molecule has 0 aliphatic heterocycles. The molecule has 0 saturated heterocycles. The highest BCUT2D eigenvalue weighted by Crippen LogP contribution is 2.39. The molecule has 1 atom stereocenters. The van der Waals surface area contributed by atoms with Crippen LogP contribution in [0.15, 0.2) is 24.3 Å². The van der Waals surface area contributed by atoms with Gasteiger partial charge in [-0.25, -0.2) is 4.39 Å². The number of nitrogens with one attached hydrogen (secondary N) is 1. The van der Waals surface area contributed by atoms with Gasteiger partial charge in [0.1, 0.15) is 5.82 Å². The number of benzene rings is 1. The quantitative estimate of drug-likeness (QED) is 0.783. The van der Waals surface area contributed by atoms with Gasteiger partial charge in [0, 0.05) is 13.2 Å². The Hall–Kier alpha value is -0.930. The van der Waals surface area contributed by atoms with Crippen molar-refractivity contribution in [2.45, 2.75) is 57.1 Å². The zero-order valence-electron chi connectivity index (χ0n) is 12.6. The molecule has 20 heavy (non-hydrogen) atoms. The molecule has 1 saturated carbocycles. The minimum absolute atomic E-state index is 0.0543. The second kappa shape index (κ2) is 7.19. The third-order valence-corrected chi connectivity index (χ3v) is 4.37. The van der Waals surface area contributed by atoms with Crippen LogP contribution in [0.3, 0.4) is 0 Å². The topological polar surface area (TPSA) is 21.3 Å². The van der Waals surface area contributed by atoms with Gasteiger partial charge in [-0.1, -0.05) is 19.1 Å². The Bertz CT molecular complexity index is 412. The molecule has 0 radical (unpaired) electrons. The summed E-state index contributed by atoms with van der Waals surface area (Å²) in [6, 6.07) is 7.29. The van der Waals surface area contributed by atoms with Crippen molar-refractivity contribution >= 4 is 0 Å². The van der Waals surface area contributed by atoms with Crippen LogP contribution >= 0.6 is 0 Å². The smallest absolute Gasteiger partial charge is 0.123 e. The van der Waals surface area contributed by atoms with Crippen molar-refractivity contribution in [3.63, 3.8) is 0 Å². The predicted octanol–water partition coefficient (Wildman–Crippen LogP) is 3.70. The predicted molar refractivity (Wildman–Crippen MR) is 80.4 cm³/mol. The fourth-order valence-corrected chi connectivity index (χ4v) is 3.03. The Morgan fingerprint density at radius 3 is 2.75 bits per heavy atom. The Labute approximate surface area is 121 Å². The van der Waals surface area contributed by atoms with Gasteiger partial charge in [-0.2, -0.15) is 0 Å². The van der Waals surface area contributed by atoms with Gasteiger partial charge in [-0.15, -0.1) is 0 Å². The largest absolute Gasteiger partial charge is 0.378 e. The van der Waals surface area contributed by atoms with Gasteiger partial charge >= 0.3 is 0 Å². The fourth-order valence-electron chi connectivity index (χ4n) is 3.03. The molecule has 2 rings (SSSR count). The average molecular weight is 279 g/mol. The van der Waals surface area contributed by atoms with Crippen molar-refractivity contribution < 1.29 is 9.13 Å². The maximum absolute atomic E-state index is 13.3. The van der Waals surface area contributed by atoms with Gasteiger partial charge in [-0.05, 0) is 62.8 Å². The van der Waals surface area contributed by atoms with E-state index in [-0.39, 0.29) is 11.4 Å². The van der Waals surface area contributed by atoms with E-state index >= 15 is 0 Å². The van der Waals surface area contributed by atoms with Crippen molar-refractivity contribution in [1.82, 2.24) is 5.32 Å². The van der Waals surface area contributed by atoms with Gasteiger partial charge in [0.15, 0.2) is 0 Å². The van der Waals surface area contributed by atoms with Crippen molar-refractivity contribution in [2.24, 2.45) is 0 Å². The van der Waals surface area contributed by atoms with Crippen molar-refractivity contribution in [3.05, 3.63) is 35.6 Å². The van der Waals surface area contributed by atoms with Crippen molar-refractivity contribution in [3.8, 4) is 0 Å². The number of halogens is 1. The molecular formula is C17H26FNO. The molecule has 0 bridgehead atoms. The zero-order valence-corrected chi connectivity index (χ0v) is 12.6. The minimum atomic E-state index is -0.151. The molecule has 0 amide bonds. The lowest BCUT2D eigenvalue weighted by Crippen LogP contribution is -2.46. The molecule has 112 valence electrons. The zero-order chi connectivity index (χ0) is 14.4. The van der Waals surface area contributed by atoms with E-state index in [9.17, 15) is 4.39 Å². The molecule has 0 spiro atoms. The average Bonchev–Trinajstić information content (AvgIpc) is 2.40. The second-order valence-electron chi connectivity index (χ2n) is 5.93. The van der Waals surface area contributed by atoms with E-state index in [4.69, 9.17) is 4.74 Å². The molecule has 1 aliphatic carbocycles. The van der Waals surface area contributed by atoms with Crippen LogP contribution in [-0.4, -0.2) is 25.3 Å². The van der Waals surface area contributed by atoms with Crippen molar-refractivity contribution in [1.29, 1.82) is 0 Å². The van der Waals surface area contributed by atoms with Crippen LogP contribution in [0.25, 0.3) is 0 Å². The van der Waals surface area contributed by atoms with E-state index in [1.165, 1.54) is 12.5 Å². The number of ether oxygens (including phenoxy) is 1. The third-order valence-electron chi connectivity index (χ3n) is 4.37. The molecule has 0 aromatic heterocycles. The first kappa shape index (κ1) is 15.5.